The van der Waals surface area contributed by atoms with Gasteiger partial charge in [-0.25, -0.2) is 0 Å². The molecule has 5 heteroatoms. The molecule has 1 atom stereocenters. The quantitative estimate of drug-likeness (QED) is 0.837. The summed E-state index contributed by atoms with van der Waals surface area (Å²) in [7, 11) is 1.55. The first kappa shape index (κ1) is 16.0. The first-order chi connectivity index (χ1) is 9.47. The van der Waals surface area contributed by atoms with E-state index in [4.69, 9.17) is 4.74 Å². The highest BCUT2D eigenvalue weighted by atomic mass is 16.5. The molecular weight excluding hydrogens is 256 g/mol. The Morgan fingerprint density at radius 1 is 1.35 bits per heavy atom. The molecule has 0 aliphatic heterocycles. The summed E-state index contributed by atoms with van der Waals surface area (Å²) in [4.78, 5) is 23.4. The van der Waals surface area contributed by atoms with Gasteiger partial charge in [0.15, 0.2) is 0 Å². The second-order valence-electron chi connectivity index (χ2n) is 4.78. The van der Waals surface area contributed by atoms with Crippen molar-refractivity contribution in [2.45, 2.75) is 27.2 Å². The van der Waals surface area contributed by atoms with Crippen molar-refractivity contribution >= 4 is 17.5 Å². The highest BCUT2D eigenvalue weighted by Crippen LogP contribution is 2.24. The van der Waals surface area contributed by atoms with Crippen LogP contribution in [0.4, 0.5) is 5.69 Å². The smallest absolute Gasteiger partial charge is 0.243 e. The van der Waals surface area contributed by atoms with Crippen LogP contribution in [0.15, 0.2) is 18.2 Å². The molecule has 2 N–H and O–H groups in total. The molecule has 0 saturated carbocycles. The summed E-state index contributed by atoms with van der Waals surface area (Å²) in [6, 6.07) is 5.52. The van der Waals surface area contributed by atoms with Gasteiger partial charge in [-0.1, -0.05) is 19.9 Å². The fraction of sp³-hybridized carbons (Fsp3) is 0.467. The van der Waals surface area contributed by atoms with E-state index in [2.05, 4.69) is 10.6 Å². The molecule has 0 spiro atoms. The Morgan fingerprint density at radius 3 is 2.65 bits per heavy atom. The van der Waals surface area contributed by atoms with E-state index in [1.165, 1.54) is 0 Å². The maximum absolute atomic E-state index is 11.8. The summed E-state index contributed by atoms with van der Waals surface area (Å²) >= 11 is 0. The van der Waals surface area contributed by atoms with Crippen LogP contribution < -0.4 is 15.4 Å². The molecule has 0 heterocycles. The second-order valence-corrected chi connectivity index (χ2v) is 4.78. The van der Waals surface area contributed by atoms with Crippen LogP contribution in [0.3, 0.4) is 0 Å². The molecule has 1 unspecified atom stereocenters. The number of hydrogen-bond acceptors (Lipinski definition) is 3. The van der Waals surface area contributed by atoms with E-state index in [1.54, 1.807) is 13.2 Å². The highest BCUT2D eigenvalue weighted by Gasteiger charge is 2.12. The van der Waals surface area contributed by atoms with Gasteiger partial charge in [-0.3, -0.25) is 9.59 Å². The second kappa shape index (κ2) is 7.53. The Bertz CT molecular complexity index is 486. The number of anilines is 1. The standard InChI is InChI=1S/C15H22N2O3/c1-5-11(3)15(19)16-9-14(18)17-12-8-10(2)6-7-13(12)20-4/h6-8,11H,5,9H2,1-4H3,(H,16,19)(H,17,18). The van der Waals surface area contributed by atoms with Crippen LogP contribution in [-0.4, -0.2) is 25.5 Å². The van der Waals surface area contributed by atoms with Gasteiger partial charge in [-0.05, 0) is 31.0 Å². The van der Waals surface area contributed by atoms with Crippen LogP contribution in [0.25, 0.3) is 0 Å². The average Bonchev–Trinajstić information content (AvgIpc) is 2.44. The van der Waals surface area contributed by atoms with Gasteiger partial charge >= 0.3 is 0 Å². The SMILES string of the molecule is CCC(C)C(=O)NCC(=O)Nc1cc(C)ccc1OC. The van der Waals surface area contributed by atoms with Gasteiger partial charge in [0.05, 0.1) is 19.3 Å². The lowest BCUT2D eigenvalue weighted by atomic mass is 10.1. The summed E-state index contributed by atoms with van der Waals surface area (Å²) in [6.07, 6.45) is 0.749. The molecule has 0 saturated heterocycles. The minimum absolute atomic E-state index is 0.0414. The van der Waals surface area contributed by atoms with Gasteiger partial charge < -0.3 is 15.4 Å². The fourth-order valence-corrected chi connectivity index (χ4v) is 1.64. The summed E-state index contributed by atoms with van der Waals surface area (Å²) in [5.41, 5.74) is 1.63. The van der Waals surface area contributed by atoms with E-state index in [-0.39, 0.29) is 24.3 Å². The summed E-state index contributed by atoms with van der Waals surface area (Å²) in [6.45, 7) is 5.65. The number of nitrogens with one attached hydrogen (secondary N) is 2. The lowest BCUT2D eigenvalue weighted by Gasteiger charge is -2.12. The van der Waals surface area contributed by atoms with Gasteiger partial charge in [0.25, 0.3) is 0 Å². The van der Waals surface area contributed by atoms with Crippen molar-refractivity contribution in [1.82, 2.24) is 5.32 Å². The maximum atomic E-state index is 11.8. The van der Waals surface area contributed by atoms with Crippen molar-refractivity contribution in [2.75, 3.05) is 19.0 Å². The number of carbonyl (C=O) groups is 2. The molecular formula is C15H22N2O3. The first-order valence-corrected chi connectivity index (χ1v) is 6.70. The molecule has 1 rings (SSSR count). The molecule has 20 heavy (non-hydrogen) atoms. The molecule has 0 aromatic heterocycles. The third kappa shape index (κ3) is 4.57. The zero-order valence-corrected chi connectivity index (χ0v) is 12.4. The van der Waals surface area contributed by atoms with E-state index in [0.29, 0.717) is 11.4 Å². The van der Waals surface area contributed by atoms with Crippen molar-refractivity contribution in [3.8, 4) is 5.75 Å². The number of amides is 2. The molecule has 0 fully saturated rings. The Labute approximate surface area is 119 Å². The lowest BCUT2D eigenvalue weighted by molar-refractivity contribution is -0.126. The van der Waals surface area contributed by atoms with Crippen LogP contribution in [0.2, 0.25) is 0 Å². The molecule has 5 nitrogen and oxygen atoms in total. The number of carbonyl (C=O) groups excluding carboxylic acids is 2. The van der Waals surface area contributed by atoms with Crippen LogP contribution in [0.5, 0.6) is 5.75 Å². The minimum Gasteiger partial charge on any atom is -0.495 e. The lowest BCUT2D eigenvalue weighted by Crippen LogP contribution is -2.35. The Morgan fingerprint density at radius 2 is 2.05 bits per heavy atom. The maximum Gasteiger partial charge on any atom is 0.243 e. The number of ether oxygens (including phenoxy) is 1. The highest BCUT2D eigenvalue weighted by molar-refractivity contribution is 5.96. The van der Waals surface area contributed by atoms with E-state index >= 15 is 0 Å². The summed E-state index contributed by atoms with van der Waals surface area (Å²) in [5.74, 6) is 0.123. The minimum atomic E-state index is -0.273. The number of benzene rings is 1. The van der Waals surface area contributed by atoms with Crippen molar-refractivity contribution in [1.29, 1.82) is 0 Å². The molecule has 0 aliphatic carbocycles. The average molecular weight is 278 g/mol. The molecule has 1 aromatic rings. The van der Waals surface area contributed by atoms with Crippen molar-refractivity contribution in [3.63, 3.8) is 0 Å². The third-order valence-corrected chi connectivity index (χ3v) is 3.11. The summed E-state index contributed by atoms with van der Waals surface area (Å²) in [5, 5.41) is 5.35. The molecule has 1 aromatic carbocycles. The predicted octanol–water partition coefficient (Wildman–Crippen LogP) is 2.10. The van der Waals surface area contributed by atoms with Gasteiger partial charge in [0.2, 0.25) is 11.8 Å². The van der Waals surface area contributed by atoms with E-state index in [9.17, 15) is 9.59 Å². The Kier molecular flexibility index (Phi) is 6.03. The molecule has 2 amide bonds. The predicted molar refractivity (Wildman–Crippen MR) is 78.8 cm³/mol. The van der Waals surface area contributed by atoms with E-state index in [0.717, 1.165) is 12.0 Å². The van der Waals surface area contributed by atoms with Gasteiger partial charge in [-0.15, -0.1) is 0 Å². The topological polar surface area (TPSA) is 67.4 Å². The molecule has 0 bridgehead atoms. The zero-order valence-electron chi connectivity index (χ0n) is 12.4. The summed E-state index contributed by atoms with van der Waals surface area (Å²) < 4.78 is 5.18. The van der Waals surface area contributed by atoms with Crippen molar-refractivity contribution in [2.24, 2.45) is 5.92 Å². The Hall–Kier alpha value is -2.04. The fourth-order valence-electron chi connectivity index (χ4n) is 1.64. The van der Waals surface area contributed by atoms with Crippen molar-refractivity contribution in [3.05, 3.63) is 23.8 Å². The number of hydrogen-bond donors (Lipinski definition) is 2. The largest absolute Gasteiger partial charge is 0.495 e. The van der Waals surface area contributed by atoms with Crippen LogP contribution >= 0.6 is 0 Å². The zero-order chi connectivity index (χ0) is 15.1. The van der Waals surface area contributed by atoms with E-state index in [1.807, 2.05) is 32.9 Å². The van der Waals surface area contributed by atoms with Crippen molar-refractivity contribution < 1.29 is 14.3 Å². The number of methoxy groups -OCH3 is 1. The number of rotatable bonds is 6. The van der Waals surface area contributed by atoms with Crippen LogP contribution in [-0.2, 0) is 9.59 Å². The monoisotopic (exact) mass is 278 g/mol. The van der Waals surface area contributed by atoms with Crippen LogP contribution in [0.1, 0.15) is 25.8 Å². The molecule has 0 aliphatic rings. The normalized spacial score (nSPS) is 11.6. The van der Waals surface area contributed by atoms with E-state index < -0.39 is 0 Å². The van der Waals surface area contributed by atoms with Crippen LogP contribution in [0, 0.1) is 12.8 Å². The molecule has 110 valence electrons. The van der Waals surface area contributed by atoms with Gasteiger partial charge in [0.1, 0.15) is 5.75 Å². The molecule has 0 radical (unpaired) electrons. The Balaban J connectivity index is 2.58. The van der Waals surface area contributed by atoms with Gasteiger partial charge in [0, 0.05) is 5.92 Å². The third-order valence-electron chi connectivity index (χ3n) is 3.11. The first-order valence-electron chi connectivity index (χ1n) is 6.70. The van der Waals surface area contributed by atoms with Gasteiger partial charge in [-0.2, -0.15) is 0 Å². The number of aryl methyl sites for hydroxylation is 1.